The van der Waals surface area contributed by atoms with Crippen LogP contribution >= 0.6 is 0 Å². The molecule has 5 N–H and O–H groups in total. The summed E-state index contributed by atoms with van der Waals surface area (Å²) in [5.41, 5.74) is 5.44. The molecule has 1 aliphatic rings. The van der Waals surface area contributed by atoms with Crippen molar-refractivity contribution in [2.24, 2.45) is 0 Å². The smallest absolute Gasteiger partial charge is 0.323 e. The molecule has 0 saturated heterocycles. The first-order valence-corrected chi connectivity index (χ1v) is 10.5. The molecule has 34 heavy (non-hydrogen) atoms. The number of hydrogen-bond acceptors (Lipinski definition) is 3. The van der Waals surface area contributed by atoms with Crippen molar-refractivity contribution in [2.45, 2.75) is 0 Å². The summed E-state index contributed by atoms with van der Waals surface area (Å²) in [7, 11) is 0. The van der Waals surface area contributed by atoms with Crippen molar-refractivity contribution in [1.82, 2.24) is 4.98 Å². The molecule has 0 aliphatic carbocycles. The Balaban J connectivity index is 1.28. The Kier molecular flexibility index (Phi) is 5.53. The Labute approximate surface area is 194 Å². The Bertz CT molecular complexity index is 1410. The van der Waals surface area contributed by atoms with Crippen LogP contribution in [-0.2, 0) is 4.79 Å². The second-order valence-electron chi connectivity index (χ2n) is 7.69. The van der Waals surface area contributed by atoms with E-state index in [0.717, 1.165) is 28.3 Å². The van der Waals surface area contributed by atoms with Crippen LogP contribution < -0.4 is 21.3 Å². The molecule has 1 aromatic heterocycles. The molecule has 1 aliphatic heterocycles. The van der Waals surface area contributed by atoms with Crippen LogP contribution in [0.2, 0.25) is 0 Å². The Hall–Kier alpha value is -4.85. The maximum atomic E-state index is 13.3. The number of halogens is 1. The van der Waals surface area contributed by atoms with Gasteiger partial charge in [-0.1, -0.05) is 18.2 Å². The van der Waals surface area contributed by atoms with Gasteiger partial charge in [0.1, 0.15) is 5.82 Å². The van der Waals surface area contributed by atoms with Gasteiger partial charge in [-0.05, 0) is 66.7 Å². The number of amides is 3. The molecule has 5 rings (SSSR count). The van der Waals surface area contributed by atoms with Crippen molar-refractivity contribution in [2.75, 3.05) is 21.3 Å². The fraction of sp³-hybridized carbons (Fsp3) is 0. The zero-order valence-corrected chi connectivity index (χ0v) is 17.9. The lowest BCUT2D eigenvalue weighted by Gasteiger charge is -2.11. The minimum absolute atomic E-state index is 0.155. The molecule has 0 bridgehead atoms. The van der Waals surface area contributed by atoms with E-state index in [0.29, 0.717) is 16.9 Å². The lowest BCUT2D eigenvalue weighted by Crippen LogP contribution is -2.19. The van der Waals surface area contributed by atoms with Crippen LogP contribution in [0.4, 0.5) is 37.6 Å². The maximum Gasteiger partial charge on any atom is 0.323 e. The predicted molar refractivity (Wildman–Crippen MR) is 133 cm³/mol. The highest BCUT2D eigenvalue weighted by molar-refractivity contribution is 6.35. The number of aromatic amines is 1. The van der Waals surface area contributed by atoms with Gasteiger partial charge < -0.3 is 26.3 Å². The molecule has 168 valence electrons. The van der Waals surface area contributed by atoms with Gasteiger partial charge in [0.25, 0.3) is 5.91 Å². The molecule has 0 fully saturated rings. The van der Waals surface area contributed by atoms with Gasteiger partial charge in [0.2, 0.25) is 0 Å². The van der Waals surface area contributed by atoms with E-state index in [1.165, 1.54) is 18.2 Å². The van der Waals surface area contributed by atoms with E-state index in [1.54, 1.807) is 30.5 Å². The average Bonchev–Trinajstić information content (AvgIpc) is 3.42. The van der Waals surface area contributed by atoms with Crippen molar-refractivity contribution in [1.29, 1.82) is 0 Å². The Morgan fingerprint density at radius 2 is 1.56 bits per heavy atom. The minimum Gasteiger partial charge on any atom is -0.362 e. The zero-order chi connectivity index (χ0) is 23.5. The van der Waals surface area contributed by atoms with Crippen LogP contribution in [0.1, 0.15) is 11.3 Å². The highest BCUT2D eigenvalue weighted by Gasteiger charge is 2.24. The first-order valence-electron chi connectivity index (χ1n) is 10.5. The van der Waals surface area contributed by atoms with Gasteiger partial charge in [-0.15, -0.1) is 0 Å². The Morgan fingerprint density at radius 1 is 0.824 bits per heavy atom. The minimum atomic E-state index is -0.482. The molecular formula is C26H20FN5O2. The number of carbonyl (C=O) groups is 2. The summed E-state index contributed by atoms with van der Waals surface area (Å²) in [5, 5.41) is 11.5. The average molecular weight is 453 g/mol. The summed E-state index contributed by atoms with van der Waals surface area (Å²) >= 11 is 0. The van der Waals surface area contributed by atoms with Crippen molar-refractivity contribution in [3.63, 3.8) is 0 Å². The lowest BCUT2D eigenvalue weighted by atomic mass is 10.1. The molecule has 0 saturated carbocycles. The summed E-state index contributed by atoms with van der Waals surface area (Å²) in [6, 6.07) is 21.8. The second kappa shape index (κ2) is 8.95. The summed E-state index contributed by atoms with van der Waals surface area (Å²) in [5.74, 6) is -0.585. The number of H-pyrrole nitrogens is 1. The molecule has 0 unspecified atom stereocenters. The molecular weight excluding hydrogens is 433 g/mol. The number of fused-ring (bicyclic) bond motifs is 1. The standard InChI is InChI=1S/C26H20FN5O2/c27-16-4-1-5-18(12-16)30-26(34)31-20-7-2-6-19(13-20)29-21-9-10-22-23(14-17-8-3-11-28-17)25(33)32-24(22)15-21/h1-15,28-29H,(H,32,33)(H2,30,31,34). The number of anilines is 5. The SMILES string of the molecule is O=C(Nc1cccc(F)c1)Nc1cccc(Nc2ccc3c(c2)NC(=O)C3=Cc2ccc[nH]2)c1. The van der Waals surface area contributed by atoms with E-state index in [2.05, 4.69) is 26.3 Å². The van der Waals surface area contributed by atoms with Crippen LogP contribution in [0.25, 0.3) is 11.6 Å². The van der Waals surface area contributed by atoms with E-state index in [1.807, 2.05) is 42.5 Å². The summed E-state index contributed by atoms with van der Waals surface area (Å²) in [4.78, 5) is 27.8. The van der Waals surface area contributed by atoms with Gasteiger partial charge in [-0.25, -0.2) is 9.18 Å². The molecule has 0 spiro atoms. The first kappa shape index (κ1) is 21.0. The van der Waals surface area contributed by atoms with Gasteiger partial charge in [-0.3, -0.25) is 4.79 Å². The molecule has 3 amide bonds. The van der Waals surface area contributed by atoms with E-state index >= 15 is 0 Å². The van der Waals surface area contributed by atoms with Crippen LogP contribution in [0.15, 0.2) is 85.1 Å². The highest BCUT2D eigenvalue weighted by atomic mass is 19.1. The van der Waals surface area contributed by atoms with Crippen LogP contribution in [0.5, 0.6) is 0 Å². The van der Waals surface area contributed by atoms with Crippen molar-refractivity contribution < 1.29 is 14.0 Å². The zero-order valence-electron chi connectivity index (χ0n) is 17.9. The van der Waals surface area contributed by atoms with Gasteiger partial charge in [0, 0.05) is 40.2 Å². The Morgan fingerprint density at radius 3 is 2.32 bits per heavy atom. The number of urea groups is 1. The van der Waals surface area contributed by atoms with Crippen LogP contribution in [-0.4, -0.2) is 16.9 Å². The number of carbonyl (C=O) groups excluding carboxylic acids is 2. The first-order chi connectivity index (χ1) is 16.5. The van der Waals surface area contributed by atoms with Crippen LogP contribution in [0, 0.1) is 5.82 Å². The molecule has 0 radical (unpaired) electrons. The normalized spacial score (nSPS) is 13.3. The quantitative estimate of drug-likeness (QED) is 0.239. The molecule has 0 atom stereocenters. The third-order valence-electron chi connectivity index (χ3n) is 5.22. The predicted octanol–water partition coefficient (Wildman–Crippen LogP) is 6.03. The fourth-order valence-electron chi connectivity index (χ4n) is 3.71. The monoisotopic (exact) mass is 453 g/mol. The van der Waals surface area contributed by atoms with Crippen LogP contribution in [0.3, 0.4) is 0 Å². The highest BCUT2D eigenvalue weighted by Crippen LogP contribution is 2.35. The second-order valence-corrected chi connectivity index (χ2v) is 7.69. The summed E-state index contributed by atoms with van der Waals surface area (Å²) in [6.45, 7) is 0. The lowest BCUT2D eigenvalue weighted by molar-refractivity contribution is -0.110. The number of nitrogens with one attached hydrogen (secondary N) is 5. The maximum absolute atomic E-state index is 13.3. The summed E-state index contributed by atoms with van der Waals surface area (Å²) < 4.78 is 13.3. The van der Waals surface area contributed by atoms with E-state index in [-0.39, 0.29) is 5.91 Å². The number of hydrogen-bond donors (Lipinski definition) is 5. The van der Waals surface area contributed by atoms with Gasteiger partial charge in [0.05, 0.1) is 11.3 Å². The third-order valence-corrected chi connectivity index (χ3v) is 5.22. The van der Waals surface area contributed by atoms with E-state index < -0.39 is 11.8 Å². The number of benzene rings is 3. The number of rotatable bonds is 5. The van der Waals surface area contributed by atoms with Crippen molar-refractivity contribution in [3.05, 3.63) is 102 Å². The molecule has 8 heteroatoms. The molecule has 7 nitrogen and oxygen atoms in total. The summed E-state index contributed by atoms with van der Waals surface area (Å²) in [6.07, 6.45) is 3.62. The van der Waals surface area contributed by atoms with Gasteiger partial charge >= 0.3 is 6.03 Å². The third kappa shape index (κ3) is 4.66. The van der Waals surface area contributed by atoms with Gasteiger partial charge in [-0.2, -0.15) is 0 Å². The molecule has 3 aromatic carbocycles. The molecule has 4 aromatic rings. The number of aromatic nitrogens is 1. The van der Waals surface area contributed by atoms with Gasteiger partial charge in [0.15, 0.2) is 0 Å². The van der Waals surface area contributed by atoms with E-state index in [4.69, 9.17) is 0 Å². The molecule has 2 heterocycles. The largest absolute Gasteiger partial charge is 0.362 e. The van der Waals surface area contributed by atoms with Crippen molar-refractivity contribution >= 4 is 52.0 Å². The fourth-order valence-corrected chi connectivity index (χ4v) is 3.71. The topological polar surface area (TPSA) is 98.0 Å². The van der Waals surface area contributed by atoms with Crippen molar-refractivity contribution in [3.8, 4) is 0 Å². The van der Waals surface area contributed by atoms with E-state index in [9.17, 15) is 14.0 Å².